The minimum absolute atomic E-state index is 0.239. The van der Waals surface area contributed by atoms with E-state index in [2.05, 4.69) is 11.3 Å². The molecular formula is C7H8F4O2. The first kappa shape index (κ1) is 11.9. The third-order valence-electron chi connectivity index (χ3n) is 1.07. The molecule has 0 N–H and O–H groups in total. The molecule has 0 aliphatic heterocycles. The van der Waals surface area contributed by atoms with Crippen LogP contribution in [0.4, 0.5) is 17.6 Å². The molecule has 0 amide bonds. The summed E-state index contributed by atoms with van der Waals surface area (Å²) in [5.41, 5.74) is -0.239. The summed E-state index contributed by atoms with van der Waals surface area (Å²) < 4.78 is 51.6. The largest absolute Gasteiger partial charge is 0.421 e. The zero-order chi connectivity index (χ0) is 10.6. The molecule has 1 atom stereocenters. The van der Waals surface area contributed by atoms with Crippen molar-refractivity contribution in [2.45, 2.75) is 19.2 Å². The van der Waals surface area contributed by atoms with Gasteiger partial charge in [0.2, 0.25) is 0 Å². The number of rotatable bonds is 4. The first-order valence-electron chi connectivity index (χ1n) is 3.25. The molecule has 0 bridgehead atoms. The average Bonchev–Trinajstić information content (AvgIpc) is 2.04. The maximum absolute atomic E-state index is 12.3. The van der Waals surface area contributed by atoms with Crippen molar-refractivity contribution in [2.24, 2.45) is 0 Å². The van der Waals surface area contributed by atoms with Gasteiger partial charge in [-0.1, -0.05) is 6.58 Å². The van der Waals surface area contributed by atoms with E-state index in [9.17, 15) is 22.4 Å². The van der Waals surface area contributed by atoms with E-state index in [0.717, 1.165) is 6.92 Å². The molecule has 0 aliphatic rings. The summed E-state index contributed by atoms with van der Waals surface area (Å²) in [6.07, 6.45) is -3.28. The molecule has 0 aromatic rings. The Bertz CT molecular complexity index is 215. The topological polar surface area (TPSA) is 26.3 Å². The van der Waals surface area contributed by atoms with Gasteiger partial charge >= 0.3 is 18.2 Å². The highest BCUT2D eigenvalue weighted by Crippen LogP contribution is 2.23. The summed E-state index contributed by atoms with van der Waals surface area (Å²) in [6, 6.07) is 0. The van der Waals surface area contributed by atoms with Crippen molar-refractivity contribution >= 4 is 5.97 Å². The minimum Gasteiger partial charge on any atom is -0.421 e. The lowest BCUT2D eigenvalue weighted by molar-refractivity contribution is -0.204. The Hall–Kier alpha value is -1.07. The Kier molecular flexibility index (Phi) is 3.90. The Morgan fingerprint density at radius 3 is 2.38 bits per heavy atom. The molecule has 0 aliphatic carbocycles. The summed E-state index contributed by atoms with van der Waals surface area (Å²) in [4.78, 5) is 10.5. The van der Waals surface area contributed by atoms with Crippen LogP contribution in [-0.2, 0) is 9.53 Å². The molecular weight excluding hydrogens is 192 g/mol. The number of alkyl halides is 4. The molecule has 0 heterocycles. The Morgan fingerprint density at radius 1 is 1.62 bits per heavy atom. The van der Waals surface area contributed by atoms with Gasteiger partial charge in [0.1, 0.15) is 0 Å². The van der Waals surface area contributed by atoms with E-state index >= 15 is 0 Å². The molecule has 0 fully saturated rings. The molecule has 13 heavy (non-hydrogen) atoms. The Balaban J connectivity index is 4.23. The van der Waals surface area contributed by atoms with Crippen molar-refractivity contribution < 1.29 is 27.1 Å². The maximum Gasteiger partial charge on any atom is 0.341 e. The van der Waals surface area contributed by atoms with Gasteiger partial charge in [-0.25, -0.2) is 9.18 Å². The van der Waals surface area contributed by atoms with Crippen molar-refractivity contribution in [1.29, 1.82) is 0 Å². The predicted molar refractivity (Wildman–Crippen MR) is 36.7 cm³/mol. The van der Waals surface area contributed by atoms with Crippen LogP contribution in [0.5, 0.6) is 0 Å². The van der Waals surface area contributed by atoms with Crippen molar-refractivity contribution in [3.8, 4) is 0 Å². The van der Waals surface area contributed by atoms with Gasteiger partial charge in [-0.15, -0.1) is 0 Å². The monoisotopic (exact) mass is 200 g/mol. The second-order valence-corrected chi connectivity index (χ2v) is 2.40. The molecule has 0 aromatic carbocycles. The van der Waals surface area contributed by atoms with Gasteiger partial charge < -0.3 is 4.74 Å². The summed E-state index contributed by atoms with van der Waals surface area (Å²) in [6.45, 7) is 1.97. The first-order chi connectivity index (χ1) is 5.81. The molecule has 0 saturated carbocycles. The summed E-state index contributed by atoms with van der Waals surface area (Å²) in [5, 5.41) is 0. The molecule has 0 saturated heterocycles. The van der Waals surface area contributed by atoms with E-state index in [4.69, 9.17) is 0 Å². The number of esters is 1. The first-order valence-corrected chi connectivity index (χ1v) is 3.25. The zero-order valence-corrected chi connectivity index (χ0v) is 6.82. The maximum atomic E-state index is 12.3. The number of carbonyl (C=O) groups is 1. The van der Waals surface area contributed by atoms with Crippen molar-refractivity contribution in [2.75, 3.05) is 6.67 Å². The van der Waals surface area contributed by atoms with E-state index in [1.165, 1.54) is 0 Å². The van der Waals surface area contributed by atoms with E-state index < -0.39 is 24.9 Å². The standard InChI is InChI=1S/C7H8F4O2/c1-4(2)5(12)13-6(9)7(10,11)3-8/h6H,1,3H2,2H3. The van der Waals surface area contributed by atoms with Crippen LogP contribution in [0, 0.1) is 0 Å². The molecule has 6 heteroatoms. The third-order valence-corrected chi connectivity index (χ3v) is 1.07. The fraction of sp³-hybridized carbons (Fsp3) is 0.571. The van der Waals surface area contributed by atoms with Crippen LogP contribution < -0.4 is 0 Å². The highest BCUT2D eigenvalue weighted by atomic mass is 19.3. The van der Waals surface area contributed by atoms with Gasteiger partial charge in [-0.3, -0.25) is 0 Å². The van der Waals surface area contributed by atoms with Crippen LogP contribution in [0.15, 0.2) is 12.2 Å². The lowest BCUT2D eigenvalue weighted by atomic mass is 10.3. The van der Waals surface area contributed by atoms with Crippen LogP contribution >= 0.6 is 0 Å². The number of hydrogen-bond acceptors (Lipinski definition) is 2. The zero-order valence-electron chi connectivity index (χ0n) is 6.82. The fourth-order valence-corrected chi connectivity index (χ4v) is 0.341. The van der Waals surface area contributed by atoms with Crippen LogP contribution in [-0.4, -0.2) is 24.9 Å². The highest BCUT2D eigenvalue weighted by Gasteiger charge is 2.43. The van der Waals surface area contributed by atoms with Crippen LogP contribution in [0.2, 0.25) is 0 Å². The number of carbonyl (C=O) groups excluding carboxylic acids is 1. The predicted octanol–water partition coefficient (Wildman–Crippen LogP) is 2.01. The number of halogens is 4. The number of ether oxygens (including phenoxy) is 1. The van der Waals surface area contributed by atoms with Gasteiger partial charge in [0.05, 0.1) is 0 Å². The summed E-state index contributed by atoms with van der Waals surface area (Å²) in [7, 11) is 0. The molecule has 2 nitrogen and oxygen atoms in total. The fourth-order valence-electron chi connectivity index (χ4n) is 0.341. The van der Waals surface area contributed by atoms with E-state index in [1.54, 1.807) is 0 Å². The van der Waals surface area contributed by atoms with Gasteiger partial charge in [-0.05, 0) is 6.92 Å². The highest BCUT2D eigenvalue weighted by molar-refractivity contribution is 5.87. The van der Waals surface area contributed by atoms with Gasteiger partial charge in [0.25, 0.3) is 0 Å². The van der Waals surface area contributed by atoms with Crippen molar-refractivity contribution in [1.82, 2.24) is 0 Å². The molecule has 1 unspecified atom stereocenters. The van der Waals surface area contributed by atoms with Crippen LogP contribution in [0.25, 0.3) is 0 Å². The van der Waals surface area contributed by atoms with E-state index in [0.29, 0.717) is 0 Å². The lowest BCUT2D eigenvalue weighted by Gasteiger charge is -2.17. The van der Waals surface area contributed by atoms with Crippen LogP contribution in [0.3, 0.4) is 0 Å². The van der Waals surface area contributed by atoms with E-state index in [1.807, 2.05) is 0 Å². The SMILES string of the molecule is C=C(C)C(=O)OC(F)C(F)(F)CF. The quantitative estimate of drug-likeness (QED) is 0.394. The van der Waals surface area contributed by atoms with Gasteiger partial charge in [0.15, 0.2) is 6.67 Å². The molecule has 0 aromatic heterocycles. The lowest BCUT2D eigenvalue weighted by Crippen LogP contribution is -2.36. The normalized spacial score (nSPS) is 13.6. The smallest absolute Gasteiger partial charge is 0.341 e. The summed E-state index contributed by atoms with van der Waals surface area (Å²) in [5.74, 6) is -5.62. The second-order valence-electron chi connectivity index (χ2n) is 2.40. The molecule has 76 valence electrons. The Labute approximate surface area is 72.2 Å². The van der Waals surface area contributed by atoms with Crippen molar-refractivity contribution in [3.63, 3.8) is 0 Å². The van der Waals surface area contributed by atoms with Crippen molar-refractivity contribution in [3.05, 3.63) is 12.2 Å². The Morgan fingerprint density at radius 2 is 2.08 bits per heavy atom. The average molecular weight is 200 g/mol. The third kappa shape index (κ3) is 3.43. The molecule has 0 spiro atoms. The number of hydrogen-bond donors (Lipinski definition) is 0. The van der Waals surface area contributed by atoms with Gasteiger partial charge in [0, 0.05) is 5.57 Å². The molecule has 0 radical (unpaired) electrons. The second kappa shape index (κ2) is 4.25. The van der Waals surface area contributed by atoms with E-state index in [-0.39, 0.29) is 5.57 Å². The summed E-state index contributed by atoms with van der Waals surface area (Å²) >= 11 is 0. The van der Waals surface area contributed by atoms with Crippen LogP contribution in [0.1, 0.15) is 6.92 Å². The minimum atomic E-state index is -4.30. The molecule has 0 rings (SSSR count). The van der Waals surface area contributed by atoms with Gasteiger partial charge in [-0.2, -0.15) is 13.2 Å².